The van der Waals surface area contributed by atoms with Crippen molar-refractivity contribution >= 4 is 5.82 Å². The molecule has 6 nitrogen and oxygen atoms in total. The number of nitrogens with zero attached hydrogens (tertiary/aromatic N) is 5. The van der Waals surface area contributed by atoms with E-state index in [1.54, 1.807) is 0 Å². The SMILES string of the molecule is Cc1nc2c(c(N3CCN(CC4CN(C(C)C)CCO4)CC3)n1)CCCC2. The van der Waals surface area contributed by atoms with Crippen LogP contribution in [0.2, 0.25) is 0 Å². The number of hydrogen-bond donors (Lipinski definition) is 0. The van der Waals surface area contributed by atoms with Crippen LogP contribution in [0.1, 0.15) is 43.8 Å². The lowest BCUT2D eigenvalue weighted by Gasteiger charge is -2.41. The largest absolute Gasteiger partial charge is 0.374 e. The van der Waals surface area contributed by atoms with Crippen molar-refractivity contribution in [2.75, 3.05) is 57.3 Å². The minimum absolute atomic E-state index is 0.349. The van der Waals surface area contributed by atoms with Gasteiger partial charge in [-0.05, 0) is 46.5 Å². The van der Waals surface area contributed by atoms with Crippen molar-refractivity contribution in [1.29, 1.82) is 0 Å². The Morgan fingerprint density at radius 2 is 1.81 bits per heavy atom. The molecule has 1 aliphatic carbocycles. The molecular weight excluding hydrogens is 338 g/mol. The molecule has 0 amide bonds. The molecule has 0 saturated carbocycles. The van der Waals surface area contributed by atoms with E-state index in [1.165, 1.54) is 29.9 Å². The van der Waals surface area contributed by atoms with E-state index in [4.69, 9.17) is 14.7 Å². The van der Waals surface area contributed by atoms with Gasteiger partial charge < -0.3 is 9.64 Å². The quantitative estimate of drug-likeness (QED) is 0.803. The molecule has 1 aromatic heterocycles. The predicted molar refractivity (Wildman–Crippen MR) is 109 cm³/mol. The van der Waals surface area contributed by atoms with Crippen LogP contribution in [-0.4, -0.2) is 84.3 Å². The number of aryl methyl sites for hydroxylation is 2. The molecule has 6 heteroatoms. The van der Waals surface area contributed by atoms with E-state index in [2.05, 4.69) is 28.5 Å². The Balaban J connectivity index is 1.35. The molecule has 0 N–H and O–H groups in total. The lowest BCUT2D eigenvalue weighted by atomic mass is 9.96. The topological polar surface area (TPSA) is 44.7 Å². The minimum Gasteiger partial charge on any atom is -0.374 e. The number of rotatable bonds is 4. The van der Waals surface area contributed by atoms with Gasteiger partial charge >= 0.3 is 0 Å². The van der Waals surface area contributed by atoms with Crippen LogP contribution in [0.4, 0.5) is 5.82 Å². The van der Waals surface area contributed by atoms with E-state index >= 15 is 0 Å². The minimum atomic E-state index is 0.349. The molecule has 2 fully saturated rings. The highest BCUT2D eigenvalue weighted by molar-refractivity contribution is 5.50. The number of morpholine rings is 1. The fourth-order valence-corrected chi connectivity index (χ4v) is 4.71. The van der Waals surface area contributed by atoms with Gasteiger partial charge in [-0.15, -0.1) is 0 Å². The Kier molecular flexibility index (Phi) is 5.95. The van der Waals surface area contributed by atoms with Crippen LogP contribution < -0.4 is 4.90 Å². The highest BCUT2D eigenvalue weighted by Gasteiger charge is 2.28. The number of fused-ring (bicyclic) bond motifs is 1. The van der Waals surface area contributed by atoms with Gasteiger partial charge in [-0.3, -0.25) is 9.80 Å². The number of piperazine rings is 1. The first-order chi connectivity index (χ1) is 13.1. The third kappa shape index (κ3) is 4.44. The Labute approximate surface area is 163 Å². The third-order valence-corrected chi connectivity index (χ3v) is 6.31. The fraction of sp³-hybridized carbons (Fsp3) is 0.810. The van der Waals surface area contributed by atoms with Gasteiger partial charge in [-0.1, -0.05) is 0 Å². The summed E-state index contributed by atoms with van der Waals surface area (Å²) >= 11 is 0. The number of hydrogen-bond acceptors (Lipinski definition) is 6. The van der Waals surface area contributed by atoms with Gasteiger partial charge in [0.2, 0.25) is 0 Å². The summed E-state index contributed by atoms with van der Waals surface area (Å²) in [5.41, 5.74) is 2.72. The summed E-state index contributed by atoms with van der Waals surface area (Å²) < 4.78 is 6.05. The molecule has 0 bridgehead atoms. The molecule has 0 spiro atoms. The highest BCUT2D eigenvalue weighted by Crippen LogP contribution is 2.28. The number of ether oxygens (including phenoxy) is 1. The lowest BCUT2D eigenvalue weighted by molar-refractivity contribution is -0.0525. The number of aromatic nitrogens is 2. The molecule has 1 aromatic rings. The molecule has 3 aliphatic rings. The molecule has 150 valence electrons. The van der Waals surface area contributed by atoms with Crippen LogP contribution in [0.15, 0.2) is 0 Å². The molecule has 0 aromatic carbocycles. The zero-order valence-electron chi connectivity index (χ0n) is 17.3. The summed E-state index contributed by atoms with van der Waals surface area (Å²) in [7, 11) is 0. The Morgan fingerprint density at radius 3 is 2.59 bits per heavy atom. The molecule has 2 aliphatic heterocycles. The van der Waals surface area contributed by atoms with Crippen LogP contribution in [0.25, 0.3) is 0 Å². The van der Waals surface area contributed by atoms with Crippen molar-refractivity contribution in [1.82, 2.24) is 19.8 Å². The van der Waals surface area contributed by atoms with Crippen molar-refractivity contribution in [2.45, 2.75) is 58.6 Å². The monoisotopic (exact) mass is 373 g/mol. The molecule has 3 heterocycles. The zero-order chi connectivity index (χ0) is 18.8. The summed E-state index contributed by atoms with van der Waals surface area (Å²) in [5, 5.41) is 0. The smallest absolute Gasteiger partial charge is 0.135 e. The summed E-state index contributed by atoms with van der Waals surface area (Å²) in [6.07, 6.45) is 5.16. The van der Waals surface area contributed by atoms with Crippen LogP contribution >= 0.6 is 0 Å². The fourth-order valence-electron chi connectivity index (χ4n) is 4.71. The summed E-state index contributed by atoms with van der Waals surface area (Å²) in [5.74, 6) is 2.15. The molecule has 0 radical (unpaired) electrons. The first-order valence-corrected chi connectivity index (χ1v) is 10.8. The Morgan fingerprint density at radius 1 is 1.04 bits per heavy atom. The van der Waals surface area contributed by atoms with E-state index in [9.17, 15) is 0 Å². The lowest BCUT2D eigenvalue weighted by Crippen LogP contribution is -2.53. The average molecular weight is 374 g/mol. The van der Waals surface area contributed by atoms with Gasteiger partial charge in [0.15, 0.2) is 0 Å². The molecular formula is C21H35N5O. The van der Waals surface area contributed by atoms with E-state index in [0.717, 1.165) is 71.1 Å². The van der Waals surface area contributed by atoms with Crippen LogP contribution in [0, 0.1) is 6.92 Å². The van der Waals surface area contributed by atoms with Gasteiger partial charge in [0.1, 0.15) is 11.6 Å². The van der Waals surface area contributed by atoms with Gasteiger partial charge in [-0.2, -0.15) is 0 Å². The maximum Gasteiger partial charge on any atom is 0.135 e. The Bertz CT molecular complexity index is 642. The van der Waals surface area contributed by atoms with Crippen molar-refractivity contribution in [2.24, 2.45) is 0 Å². The second-order valence-corrected chi connectivity index (χ2v) is 8.60. The average Bonchev–Trinajstić information content (AvgIpc) is 2.68. The van der Waals surface area contributed by atoms with Crippen LogP contribution in [0.5, 0.6) is 0 Å². The van der Waals surface area contributed by atoms with Gasteiger partial charge in [-0.25, -0.2) is 9.97 Å². The van der Waals surface area contributed by atoms with E-state index in [-0.39, 0.29) is 0 Å². The molecule has 4 rings (SSSR count). The number of anilines is 1. The normalized spacial score (nSPS) is 25.0. The molecule has 1 unspecified atom stereocenters. The van der Waals surface area contributed by atoms with E-state index < -0.39 is 0 Å². The Hall–Kier alpha value is -1.24. The molecule has 2 saturated heterocycles. The van der Waals surface area contributed by atoms with Crippen molar-refractivity contribution in [3.05, 3.63) is 17.1 Å². The maximum absolute atomic E-state index is 6.05. The van der Waals surface area contributed by atoms with Crippen molar-refractivity contribution in [3.8, 4) is 0 Å². The molecule has 27 heavy (non-hydrogen) atoms. The standard InChI is InChI=1S/C21H35N5O/c1-16(2)26-12-13-27-18(15-26)14-24-8-10-25(11-9-24)21-19-6-4-5-7-20(19)22-17(3)23-21/h16,18H,4-15H2,1-3H3. The summed E-state index contributed by atoms with van der Waals surface area (Å²) in [4.78, 5) is 17.2. The van der Waals surface area contributed by atoms with E-state index in [1.807, 2.05) is 6.92 Å². The van der Waals surface area contributed by atoms with Crippen LogP contribution in [-0.2, 0) is 17.6 Å². The molecule has 1 atom stereocenters. The summed E-state index contributed by atoms with van der Waals surface area (Å²) in [6, 6.07) is 0.612. The zero-order valence-corrected chi connectivity index (χ0v) is 17.3. The maximum atomic E-state index is 6.05. The van der Waals surface area contributed by atoms with E-state index in [0.29, 0.717) is 12.1 Å². The second-order valence-electron chi connectivity index (χ2n) is 8.60. The van der Waals surface area contributed by atoms with Gasteiger partial charge in [0, 0.05) is 63.1 Å². The van der Waals surface area contributed by atoms with Crippen molar-refractivity contribution in [3.63, 3.8) is 0 Å². The second kappa shape index (κ2) is 8.41. The highest BCUT2D eigenvalue weighted by atomic mass is 16.5. The van der Waals surface area contributed by atoms with Crippen molar-refractivity contribution < 1.29 is 4.74 Å². The van der Waals surface area contributed by atoms with Gasteiger partial charge in [0.25, 0.3) is 0 Å². The van der Waals surface area contributed by atoms with Gasteiger partial charge in [0.05, 0.1) is 12.7 Å². The predicted octanol–water partition coefficient (Wildman–Crippen LogP) is 1.90. The first-order valence-electron chi connectivity index (χ1n) is 10.8. The third-order valence-electron chi connectivity index (χ3n) is 6.31. The summed E-state index contributed by atoms with van der Waals surface area (Å²) in [6.45, 7) is 15.0. The van der Waals surface area contributed by atoms with Crippen LogP contribution in [0.3, 0.4) is 0 Å². The first kappa shape index (κ1) is 19.1.